The van der Waals surface area contributed by atoms with Crippen LogP contribution in [0.1, 0.15) is 45.1 Å². The molecule has 1 fully saturated rings. The minimum atomic E-state index is 0.305. The van der Waals surface area contributed by atoms with E-state index < -0.39 is 0 Å². The molecular formula is C18H28N2O. The Labute approximate surface area is 128 Å². The Bertz CT molecular complexity index is 432. The van der Waals surface area contributed by atoms with E-state index in [0.717, 1.165) is 32.5 Å². The summed E-state index contributed by atoms with van der Waals surface area (Å²) < 4.78 is 0. The van der Waals surface area contributed by atoms with Gasteiger partial charge in [-0.25, -0.2) is 0 Å². The predicted molar refractivity (Wildman–Crippen MR) is 87.0 cm³/mol. The Morgan fingerprint density at radius 3 is 2.67 bits per heavy atom. The zero-order valence-corrected chi connectivity index (χ0v) is 13.4. The summed E-state index contributed by atoms with van der Waals surface area (Å²) in [5, 5.41) is 0. The van der Waals surface area contributed by atoms with Crippen LogP contribution in [0.4, 0.5) is 0 Å². The van der Waals surface area contributed by atoms with Gasteiger partial charge in [0.25, 0.3) is 0 Å². The average Bonchev–Trinajstić information content (AvgIpc) is 2.55. The molecule has 1 atom stereocenters. The van der Waals surface area contributed by atoms with Crippen molar-refractivity contribution < 1.29 is 4.79 Å². The van der Waals surface area contributed by atoms with Gasteiger partial charge in [-0.1, -0.05) is 44.2 Å². The summed E-state index contributed by atoms with van der Waals surface area (Å²) in [4.78, 5) is 17.0. The maximum absolute atomic E-state index is 12.6. The molecule has 0 aliphatic carbocycles. The highest BCUT2D eigenvalue weighted by Gasteiger charge is 2.26. The van der Waals surface area contributed by atoms with Crippen molar-refractivity contribution in [2.45, 2.75) is 52.1 Å². The molecule has 1 aliphatic rings. The van der Waals surface area contributed by atoms with Crippen molar-refractivity contribution in [2.75, 3.05) is 19.6 Å². The van der Waals surface area contributed by atoms with Crippen molar-refractivity contribution >= 4 is 5.91 Å². The van der Waals surface area contributed by atoms with Crippen LogP contribution in [0.15, 0.2) is 30.3 Å². The van der Waals surface area contributed by atoms with Gasteiger partial charge in [0.05, 0.1) is 6.54 Å². The fraction of sp³-hybridized carbons (Fsp3) is 0.611. The lowest BCUT2D eigenvalue weighted by molar-refractivity contribution is -0.136. The average molecular weight is 288 g/mol. The van der Waals surface area contributed by atoms with E-state index in [0.29, 0.717) is 18.5 Å². The second-order valence-corrected chi connectivity index (χ2v) is 5.93. The number of amides is 1. The van der Waals surface area contributed by atoms with Gasteiger partial charge < -0.3 is 4.90 Å². The highest BCUT2D eigenvalue weighted by atomic mass is 16.2. The van der Waals surface area contributed by atoms with E-state index in [4.69, 9.17) is 0 Å². The first-order valence-corrected chi connectivity index (χ1v) is 8.30. The molecule has 1 saturated heterocycles. The van der Waals surface area contributed by atoms with Crippen LogP contribution >= 0.6 is 0 Å². The fourth-order valence-corrected chi connectivity index (χ4v) is 3.16. The Kier molecular flexibility index (Phi) is 6.24. The maximum atomic E-state index is 12.6. The largest absolute Gasteiger partial charge is 0.339 e. The predicted octanol–water partition coefficient (Wildman–Crippen LogP) is 3.30. The summed E-state index contributed by atoms with van der Waals surface area (Å²) >= 11 is 0. The number of hydrogen-bond acceptors (Lipinski definition) is 2. The molecule has 2 rings (SSSR count). The minimum absolute atomic E-state index is 0.305. The second-order valence-electron chi connectivity index (χ2n) is 5.93. The normalized spacial score (nSPS) is 19.0. The summed E-state index contributed by atoms with van der Waals surface area (Å²) in [5.74, 6) is 0.305. The highest BCUT2D eigenvalue weighted by molar-refractivity contribution is 5.78. The van der Waals surface area contributed by atoms with Gasteiger partial charge in [0.1, 0.15) is 0 Å². The molecule has 3 heteroatoms. The SMILES string of the molecule is CCC1CCCCN1C(=O)CN(CC)Cc1ccccc1. The van der Waals surface area contributed by atoms with Crippen LogP contribution in [-0.4, -0.2) is 41.4 Å². The third kappa shape index (κ3) is 4.57. The van der Waals surface area contributed by atoms with Gasteiger partial charge in [0.2, 0.25) is 5.91 Å². The summed E-state index contributed by atoms with van der Waals surface area (Å²) in [6, 6.07) is 10.9. The number of nitrogens with zero attached hydrogens (tertiary/aromatic N) is 2. The lowest BCUT2D eigenvalue weighted by Gasteiger charge is -2.36. The monoisotopic (exact) mass is 288 g/mol. The van der Waals surface area contributed by atoms with Crippen molar-refractivity contribution in [3.05, 3.63) is 35.9 Å². The van der Waals surface area contributed by atoms with Crippen molar-refractivity contribution in [2.24, 2.45) is 0 Å². The van der Waals surface area contributed by atoms with Crippen LogP contribution in [0.25, 0.3) is 0 Å². The van der Waals surface area contributed by atoms with Crippen LogP contribution in [0.5, 0.6) is 0 Å². The Morgan fingerprint density at radius 2 is 2.00 bits per heavy atom. The number of rotatable bonds is 6. The third-order valence-electron chi connectivity index (χ3n) is 4.47. The number of carbonyl (C=O) groups excluding carboxylic acids is 1. The molecule has 0 aromatic heterocycles. The number of likely N-dealkylation sites (tertiary alicyclic amines) is 1. The molecule has 21 heavy (non-hydrogen) atoms. The van der Waals surface area contributed by atoms with Crippen molar-refractivity contribution in [3.63, 3.8) is 0 Å². The van der Waals surface area contributed by atoms with Crippen LogP contribution in [0.2, 0.25) is 0 Å². The number of piperidine rings is 1. The van der Waals surface area contributed by atoms with E-state index in [9.17, 15) is 4.79 Å². The molecule has 3 nitrogen and oxygen atoms in total. The summed E-state index contributed by atoms with van der Waals surface area (Å²) in [5.41, 5.74) is 1.28. The van der Waals surface area contributed by atoms with Gasteiger partial charge in [-0.3, -0.25) is 9.69 Å². The molecule has 0 saturated carbocycles. The zero-order valence-electron chi connectivity index (χ0n) is 13.4. The van der Waals surface area contributed by atoms with Gasteiger partial charge in [-0.05, 0) is 37.8 Å². The second kappa shape index (κ2) is 8.18. The molecule has 1 amide bonds. The molecule has 0 N–H and O–H groups in total. The zero-order chi connectivity index (χ0) is 15.1. The summed E-state index contributed by atoms with van der Waals surface area (Å²) in [6.45, 7) is 7.57. The Hall–Kier alpha value is -1.35. The lowest BCUT2D eigenvalue weighted by Crippen LogP contribution is -2.47. The fourth-order valence-electron chi connectivity index (χ4n) is 3.16. The van der Waals surface area contributed by atoms with Crippen LogP contribution in [0.3, 0.4) is 0 Å². The van der Waals surface area contributed by atoms with E-state index in [2.05, 4.69) is 47.9 Å². The van der Waals surface area contributed by atoms with E-state index in [-0.39, 0.29) is 0 Å². The topological polar surface area (TPSA) is 23.6 Å². The lowest BCUT2D eigenvalue weighted by atomic mass is 10.00. The van der Waals surface area contributed by atoms with Crippen LogP contribution < -0.4 is 0 Å². The molecule has 0 bridgehead atoms. The van der Waals surface area contributed by atoms with Crippen molar-refractivity contribution in [1.82, 2.24) is 9.80 Å². The quantitative estimate of drug-likeness (QED) is 0.802. The first kappa shape index (κ1) is 16.0. The van der Waals surface area contributed by atoms with Crippen LogP contribution in [0, 0.1) is 0 Å². The molecule has 1 aromatic carbocycles. The smallest absolute Gasteiger partial charge is 0.237 e. The molecule has 0 radical (unpaired) electrons. The molecule has 1 aromatic rings. The van der Waals surface area contributed by atoms with E-state index in [1.54, 1.807) is 0 Å². The standard InChI is InChI=1S/C18H28N2O/c1-3-17-12-8-9-13-20(17)18(21)15-19(4-2)14-16-10-6-5-7-11-16/h5-7,10-11,17H,3-4,8-9,12-15H2,1-2H3. The molecular weight excluding hydrogens is 260 g/mol. The molecule has 1 heterocycles. The first-order chi connectivity index (χ1) is 10.2. The number of benzene rings is 1. The molecule has 1 unspecified atom stereocenters. The molecule has 1 aliphatic heterocycles. The minimum Gasteiger partial charge on any atom is -0.339 e. The highest BCUT2D eigenvalue weighted by Crippen LogP contribution is 2.19. The number of likely N-dealkylation sites (N-methyl/N-ethyl adjacent to an activating group) is 1. The van der Waals surface area contributed by atoms with Crippen molar-refractivity contribution in [1.29, 1.82) is 0 Å². The van der Waals surface area contributed by atoms with E-state index in [1.165, 1.54) is 18.4 Å². The summed E-state index contributed by atoms with van der Waals surface area (Å²) in [7, 11) is 0. The number of carbonyl (C=O) groups is 1. The summed E-state index contributed by atoms with van der Waals surface area (Å²) in [6.07, 6.45) is 4.68. The molecule has 0 spiro atoms. The Morgan fingerprint density at radius 1 is 1.24 bits per heavy atom. The molecule has 116 valence electrons. The Balaban J connectivity index is 1.92. The number of hydrogen-bond donors (Lipinski definition) is 0. The van der Waals surface area contributed by atoms with Crippen LogP contribution in [-0.2, 0) is 11.3 Å². The van der Waals surface area contributed by atoms with Crippen molar-refractivity contribution in [3.8, 4) is 0 Å². The van der Waals surface area contributed by atoms with Gasteiger partial charge in [0, 0.05) is 19.1 Å². The van der Waals surface area contributed by atoms with Gasteiger partial charge in [0.15, 0.2) is 0 Å². The maximum Gasteiger partial charge on any atom is 0.237 e. The first-order valence-electron chi connectivity index (χ1n) is 8.30. The van der Waals surface area contributed by atoms with Gasteiger partial charge in [-0.2, -0.15) is 0 Å². The van der Waals surface area contributed by atoms with E-state index >= 15 is 0 Å². The van der Waals surface area contributed by atoms with Gasteiger partial charge >= 0.3 is 0 Å². The van der Waals surface area contributed by atoms with E-state index in [1.807, 2.05) is 6.07 Å². The third-order valence-corrected chi connectivity index (χ3v) is 4.47. The van der Waals surface area contributed by atoms with Gasteiger partial charge in [-0.15, -0.1) is 0 Å².